The van der Waals surface area contributed by atoms with Crippen LogP contribution in [0, 0.1) is 17.9 Å². The van der Waals surface area contributed by atoms with Crippen LogP contribution in [0.15, 0.2) is 66.9 Å². The smallest absolute Gasteiger partial charge is 0.411 e. The number of aliphatic hydroxyl groups is 1. The maximum atomic E-state index is 13.5. The van der Waals surface area contributed by atoms with Crippen molar-refractivity contribution in [3.05, 3.63) is 94.7 Å². The van der Waals surface area contributed by atoms with Crippen molar-refractivity contribution in [2.45, 2.75) is 57.8 Å². The lowest BCUT2D eigenvalue weighted by molar-refractivity contribution is -0.612. The average molecular weight is 479 g/mol. The summed E-state index contributed by atoms with van der Waals surface area (Å²) in [6, 6.07) is 17.2. The number of benzene rings is 2. The average Bonchev–Trinajstić information content (AvgIpc) is 2.80. The minimum absolute atomic E-state index is 0.203. The van der Waals surface area contributed by atoms with Gasteiger partial charge in [0, 0.05) is 38.4 Å². The van der Waals surface area contributed by atoms with E-state index in [9.17, 15) is 19.5 Å². The van der Waals surface area contributed by atoms with Crippen molar-refractivity contribution in [2.24, 2.45) is 0 Å². The number of hydrogen-bond acceptors (Lipinski definition) is 4. The predicted molar refractivity (Wildman–Crippen MR) is 131 cm³/mol. The number of hydrogen-bond donors (Lipinski definition) is 1. The van der Waals surface area contributed by atoms with E-state index in [2.05, 4.69) is 0 Å². The fourth-order valence-electron chi connectivity index (χ4n) is 4.82. The predicted octanol–water partition coefficient (Wildman–Crippen LogP) is 5.39. The number of rotatable bonds is 6. The normalized spacial score (nSPS) is 19.4. The summed E-state index contributed by atoms with van der Waals surface area (Å²) in [4.78, 5) is 14.9. The highest BCUT2D eigenvalue weighted by Crippen LogP contribution is 2.42. The van der Waals surface area contributed by atoms with Crippen LogP contribution in [0.2, 0.25) is 0 Å². The van der Waals surface area contributed by atoms with Crippen LogP contribution in [0.1, 0.15) is 56.5 Å². The topological polar surface area (TPSA) is 76.7 Å². The monoisotopic (exact) mass is 478 g/mol. The first-order chi connectivity index (χ1) is 16.5. The molecule has 1 aromatic heterocycles. The van der Waals surface area contributed by atoms with Gasteiger partial charge in [0.15, 0.2) is 11.9 Å². The highest BCUT2D eigenvalue weighted by atomic mass is 19.1. The van der Waals surface area contributed by atoms with E-state index < -0.39 is 17.3 Å². The maximum absolute atomic E-state index is 13.5. The lowest BCUT2D eigenvalue weighted by Crippen LogP contribution is -2.51. The first-order valence-electron chi connectivity index (χ1n) is 11.8. The van der Waals surface area contributed by atoms with Crippen molar-refractivity contribution < 1.29 is 23.8 Å². The van der Waals surface area contributed by atoms with Gasteiger partial charge in [-0.05, 0) is 55.2 Å². The van der Waals surface area contributed by atoms with Crippen molar-refractivity contribution in [1.29, 1.82) is 0 Å². The van der Waals surface area contributed by atoms with Crippen molar-refractivity contribution in [1.82, 2.24) is 4.90 Å². The molecule has 6 nitrogen and oxygen atoms in total. The summed E-state index contributed by atoms with van der Waals surface area (Å²) in [5, 5.41) is 22.2. The van der Waals surface area contributed by atoms with E-state index in [1.165, 1.54) is 18.3 Å². The maximum Gasteiger partial charge on any atom is 0.411 e. The van der Waals surface area contributed by atoms with Gasteiger partial charge in [0.25, 0.3) is 0 Å². The summed E-state index contributed by atoms with van der Waals surface area (Å²) in [7, 11) is 0. The van der Waals surface area contributed by atoms with Crippen LogP contribution in [0.25, 0.3) is 11.1 Å². The Balaban J connectivity index is 1.54. The second-order valence-corrected chi connectivity index (χ2v) is 9.98. The van der Waals surface area contributed by atoms with Crippen LogP contribution >= 0.6 is 0 Å². The molecular formula is C28H31FN2O4. The lowest BCUT2D eigenvalue weighted by Gasteiger charge is -2.45. The molecule has 1 aliphatic rings. The molecule has 1 fully saturated rings. The minimum Gasteiger partial charge on any atom is -0.619 e. The molecular weight excluding hydrogens is 447 g/mol. The van der Waals surface area contributed by atoms with E-state index in [-0.39, 0.29) is 18.3 Å². The van der Waals surface area contributed by atoms with E-state index >= 15 is 0 Å². The van der Waals surface area contributed by atoms with Gasteiger partial charge in [-0.25, -0.2) is 9.18 Å². The van der Waals surface area contributed by atoms with Crippen LogP contribution in [0.4, 0.5) is 9.18 Å². The zero-order valence-corrected chi connectivity index (χ0v) is 20.5. The van der Waals surface area contributed by atoms with E-state index in [1.807, 2.05) is 37.3 Å². The minimum atomic E-state index is -1.08. The molecule has 0 aliphatic carbocycles. The number of cyclic esters (lactones) is 1. The molecule has 0 bridgehead atoms. The Morgan fingerprint density at radius 2 is 1.80 bits per heavy atom. The summed E-state index contributed by atoms with van der Waals surface area (Å²) in [6.45, 7) is 7.49. The van der Waals surface area contributed by atoms with Crippen molar-refractivity contribution in [3.8, 4) is 11.1 Å². The van der Waals surface area contributed by atoms with E-state index in [0.717, 1.165) is 21.4 Å². The summed E-state index contributed by atoms with van der Waals surface area (Å²) in [6.07, 6.45) is 1.69. The molecule has 4 rings (SSSR count). The molecule has 1 N–H and O–H groups in total. The van der Waals surface area contributed by atoms with Crippen molar-refractivity contribution in [2.75, 3.05) is 6.54 Å². The molecule has 2 atom stereocenters. The van der Waals surface area contributed by atoms with E-state index in [1.54, 1.807) is 43.9 Å². The highest BCUT2D eigenvalue weighted by Gasteiger charge is 2.46. The number of nitrogens with zero attached hydrogens (tertiary/aromatic N) is 2. The van der Waals surface area contributed by atoms with E-state index in [4.69, 9.17) is 4.74 Å². The van der Waals surface area contributed by atoms with Gasteiger partial charge in [0.05, 0.1) is 11.6 Å². The largest absolute Gasteiger partial charge is 0.619 e. The number of amides is 1. The Labute approximate surface area is 205 Å². The molecule has 3 aromatic rings. The van der Waals surface area contributed by atoms with Gasteiger partial charge >= 0.3 is 6.09 Å². The number of halogens is 1. The highest BCUT2D eigenvalue weighted by molar-refractivity contribution is 5.70. The fourth-order valence-corrected chi connectivity index (χ4v) is 4.82. The standard InChI is InChI=1S/C28H31FN2O4/c1-19-17-23(13-15-31(19)34)22-7-5-21(6-8-22)20(2)30-16-14-28(35-26(30)32,18-27(3,4)33)24-9-11-25(29)12-10-24/h5-13,15,17,20,33H,14,16,18H2,1-4H3/t20-,28-/m0/s1. The van der Waals surface area contributed by atoms with Gasteiger partial charge in [-0.2, -0.15) is 4.73 Å². The first-order valence-corrected chi connectivity index (χ1v) is 11.8. The Hall–Kier alpha value is -3.45. The molecule has 2 heterocycles. The lowest BCUT2D eigenvalue weighted by atomic mass is 9.80. The number of carbonyl (C=O) groups is 1. The van der Waals surface area contributed by atoms with Gasteiger partial charge in [0.1, 0.15) is 11.4 Å². The molecule has 1 saturated heterocycles. The summed E-state index contributed by atoms with van der Waals surface area (Å²) >= 11 is 0. The van der Waals surface area contributed by atoms with Gasteiger partial charge in [-0.3, -0.25) is 0 Å². The Kier molecular flexibility index (Phi) is 6.56. The van der Waals surface area contributed by atoms with Gasteiger partial charge in [0.2, 0.25) is 0 Å². The third kappa shape index (κ3) is 5.30. The molecule has 0 radical (unpaired) electrons. The van der Waals surface area contributed by atoms with Crippen LogP contribution < -0.4 is 4.73 Å². The Morgan fingerprint density at radius 1 is 1.14 bits per heavy atom. The number of aromatic nitrogens is 1. The molecule has 1 amide bonds. The SMILES string of the molecule is Cc1cc(-c2ccc([C@H](C)N3CC[C@](CC(C)(C)O)(c4ccc(F)cc4)OC3=O)cc2)cc[n+]1[O-]. The summed E-state index contributed by atoms with van der Waals surface area (Å²) in [5.74, 6) is -0.370. The van der Waals surface area contributed by atoms with E-state index in [0.29, 0.717) is 24.2 Å². The second-order valence-electron chi connectivity index (χ2n) is 9.98. The molecule has 0 saturated carbocycles. The van der Waals surface area contributed by atoms with Crippen LogP contribution in [0.3, 0.4) is 0 Å². The summed E-state index contributed by atoms with van der Waals surface area (Å²) < 4.78 is 20.4. The van der Waals surface area contributed by atoms with Crippen LogP contribution in [-0.2, 0) is 10.3 Å². The zero-order valence-electron chi connectivity index (χ0n) is 20.5. The Bertz CT molecular complexity index is 1210. The summed E-state index contributed by atoms with van der Waals surface area (Å²) in [5.41, 5.74) is 2.05. The van der Waals surface area contributed by atoms with Gasteiger partial charge < -0.3 is 20.0 Å². The number of ether oxygens (including phenoxy) is 1. The van der Waals surface area contributed by atoms with Gasteiger partial charge in [-0.15, -0.1) is 0 Å². The van der Waals surface area contributed by atoms with Gasteiger partial charge in [-0.1, -0.05) is 36.4 Å². The van der Waals surface area contributed by atoms with Crippen molar-refractivity contribution >= 4 is 6.09 Å². The quantitative estimate of drug-likeness (QED) is 0.380. The number of aryl methyl sites for hydroxylation is 1. The van der Waals surface area contributed by atoms with Crippen molar-refractivity contribution in [3.63, 3.8) is 0 Å². The molecule has 0 spiro atoms. The molecule has 0 unspecified atom stereocenters. The first kappa shape index (κ1) is 24.7. The third-order valence-electron chi connectivity index (χ3n) is 6.66. The molecule has 7 heteroatoms. The molecule has 2 aromatic carbocycles. The third-order valence-corrected chi connectivity index (χ3v) is 6.66. The van der Waals surface area contributed by atoms with Crippen LogP contribution in [0.5, 0.6) is 0 Å². The molecule has 1 aliphatic heterocycles. The zero-order chi connectivity index (χ0) is 25.4. The molecule has 35 heavy (non-hydrogen) atoms. The second kappa shape index (κ2) is 9.30. The Morgan fingerprint density at radius 3 is 2.37 bits per heavy atom. The van der Waals surface area contributed by atoms with Crippen LogP contribution in [-0.4, -0.2) is 28.2 Å². The molecule has 184 valence electrons. The number of pyridine rings is 1. The fraction of sp³-hybridized carbons (Fsp3) is 0.357. The number of carbonyl (C=O) groups excluding carboxylic acids is 1.